The fourth-order valence-electron chi connectivity index (χ4n) is 2.68. The van der Waals surface area contributed by atoms with Crippen LogP contribution in [0.3, 0.4) is 0 Å². The Morgan fingerprint density at radius 3 is 2.28 bits per heavy atom. The summed E-state index contributed by atoms with van der Waals surface area (Å²) in [5, 5.41) is 0. The Morgan fingerprint density at radius 1 is 1.08 bits per heavy atom. The van der Waals surface area contributed by atoms with Gasteiger partial charge in [-0.2, -0.15) is 13.2 Å². The second-order valence-electron chi connectivity index (χ2n) is 5.93. The van der Waals surface area contributed by atoms with Gasteiger partial charge in [-0.25, -0.2) is 15.0 Å². The maximum absolute atomic E-state index is 12.6. The number of nitrogens with zero attached hydrogens (tertiary/aromatic N) is 4. The van der Waals surface area contributed by atoms with Crippen LogP contribution < -0.4 is 9.64 Å². The van der Waals surface area contributed by atoms with E-state index >= 15 is 0 Å². The number of hydrogen-bond acceptors (Lipinski definition) is 5. The number of aryl methyl sites for hydroxylation is 1. The second kappa shape index (κ2) is 7.25. The summed E-state index contributed by atoms with van der Waals surface area (Å²) in [4.78, 5) is 14.3. The lowest BCUT2D eigenvalue weighted by atomic mass is 10.1. The first-order chi connectivity index (χ1) is 12.0. The zero-order valence-corrected chi connectivity index (χ0v) is 13.8. The normalized spacial score (nSPS) is 16.1. The van der Waals surface area contributed by atoms with E-state index in [9.17, 15) is 13.2 Å². The monoisotopic (exact) mass is 352 g/mol. The lowest BCUT2D eigenvalue weighted by molar-refractivity contribution is -0.137. The summed E-state index contributed by atoms with van der Waals surface area (Å²) >= 11 is 0. The Balaban J connectivity index is 1.54. The Kier molecular flexibility index (Phi) is 5.06. The van der Waals surface area contributed by atoms with Gasteiger partial charge in [0.2, 0.25) is 0 Å². The number of halogens is 3. The lowest BCUT2D eigenvalue weighted by Gasteiger charge is -2.32. The van der Waals surface area contributed by atoms with Gasteiger partial charge < -0.3 is 9.64 Å². The van der Waals surface area contributed by atoms with E-state index in [1.807, 2.05) is 11.8 Å². The van der Waals surface area contributed by atoms with Crippen LogP contribution in [0.4, 0.5) is 19.0 Å². The van der Waals surface area contributed by atoms with E-state index in [1.165, 1.54) is 6.07 Å². The van der Waals surface area contributed by atoms with Crippen molar-refractivity contribution in [2.24, 2.45) is 0 Å². The molecule has 0 aliphatic carbocycles. The van der Waals surface area contributed by atoms with E-state index in [4.69, 9.17) is 4.74 Å². The maximum atomic E-state index is 12.6. The molecule has 1 aliphatic rings. The van der Waals surface area contributed by atoms with Gasteiger partial charge in [0.05, 0.1) is 5.56 Å². The molecule has 0 amide bonds. The molecule has 134 valence electrons. The van der Waals surface area contributed by atoms with Crippen LogP contribution in [0.1, 0.15) is 30.9 Å². The SMILES string of the molecule is CCc1cnc(OC2CCN(c3ccc(C(F)(F)F)cn3)CC2)nc1. The van der Waals surface area contributed by atoms with Crippen LogP contribution >= 0.6 is 0 Å². The highest BCUT2D eigenvalue weighted by Gasteiger charge is 2.31. The fourth-order valence-corrected chi connectivity index (χ4v) is 2.68. The highest BCUT2D eigenvalue weighted by Crippen LogP contribution is 2.30. The van der Waals surface area contributed by atoms with E-state index in [0.29, 0.717) is 24.9 Å². The number of piperidine rings is 1. The minimum Gasteiger partial charge on any atom is -0.460 e. The molecule has 0 saturated carbocycles. The standard InChI is InChI=1S/C17H19F3N4O/c1-2-12-9-22-16(23-10-12)25-14-5-7-24(8-6-14)15-4-3-13(11-21-15)17(18,19)20/h3-4,9-11,14H,2,5-8H2,1H3. The molecule has 1 saturated heterocycles. The molecule has 2 aromatic rings. The summed E-state index contributed by atoms with van der Waals surface area (Å²) < 4.78 is 43.5. The molecule has 0 aromatic carbocycles. The Morgan fingerprint density at radius 2 is 1.76 bits per heavy atom. The van der Waals surface area contributed by atoms with E-state index < -0.39 is 11.7 Å². The Hall–Kier alpha value is -2.38. The highest BCUT2D eigenvalue weighted by atomic mass is 19.4. The number of anilines is 1. The molecule has 0 bridgehead atoms. The van der Waals surface area contributed by atoms with E-state index in [2.05, 4.69) is 15.0 Å². The average molecular weight is 352 g/mol. The van der Waals surface area contributed by atoms with E-state index in [-0.39, 0.29) is 6.10 Å². The molecule has 25 heavy (non-hydrogen) atoms. The van der Waals surface area contributed by atoms with Crippen LogP contribution in [-0.2, 0) is 12.6 Å². The van der Waals surface area contributed by atoms with Gasteiger partial charge in [-0.05, 0) is 24.1 Å². The molecule has 0 radical (unpaired) electrons. The first-order valence-electron chi connectivity index (χ1n) is 8.21. The molecule has 5 nitrogen and oxygen atoms in total. The fraction of sp³-hybridized carbons (Fsp3) is 0.471. The van der Waals surface area contributed by atoms with Crippen molar-refractivity contribution in [1.82, 2.24) is 15.0 Å². The van der Waals surface area contributed by atoms with E-state index in [1.54, 1.807) is 12.4 Å². The smallest absolute Gasteiger partial charge is 0.417 e. The first kappa shape index (κ1) is 17.4. The largest absolute Gasteiger partial charge is 0.460 e. The van der Waals surface area contributed by atoms with Crippen molar-refractivity contribution in [3.63, 3.8) is 0 Å². The lowest BCUT2D eigenvalue weighted by Crippen LogP contribution is -2.39. The molecule has 0 N–H and O–H groups in total. The summed E-state index contributed by atoms with van der Waals surface area (Å²) in [6.45, 7) is 3.36. The molecule has 0 unspecified atom stereocenters. The summed E-state index contributed by atoms with van der Waals surface area (Å²) in [6.07, 6.45) is 2.37. The molecule has 1 aliphatic heterocycles. The third-order valence-electron chi connectivity index (χ3n) is 4.20. The van der Waals surface area contributed by atoms with Crippen molar-refractivity contribution in [3.8, 4) is 6.01 Å². The minimum atomic E-state index is -4.36. The first-order valence-corrected chi connectivity index (χ1v) is 8.21. The van der Waals surface area contributed by atoms with Crippen molar-refractivity contribution in [3.05, 3.63) is 41.9 Å². The van der Waals surface area contributed by atoms with Crippen molar-refractivity contribution in [2.75, 3.05) is 18.0 Å². The van der Waals surface area contributed by atoms with Crippen LogP contribution in [0.5, 0.6) is 6.01 Å². The number of alkyl halides is 3. The topological polar surface area (TPSA) is 51.1 Å². The Bertz CT molecular complexity index is 681. The quantitative estimate of drug-likeness (QED) is 0.843. The van der Waals surface area contributed by atoms with Gasteiger partial charge in [0.25, 0.3) is 0 Å². The van der Waals surface area contributed by atoms with Crippen LogP contribution in [0, 0.1) is 0 Å². The van der Waals surface area contributed by atoms with Crippen molar-refractivity contribution < 1.29 is 17.9 Å². The van der Waals surface area contributed by atoms with Crippen LogP contribution in [0.15, 0.2) is 30.7 Å². The van der Waals surface area contributed by atoms with E-state index in [0.717, 1.165) is 37.1 Å². The summed E-state index contributed by atoms with van der Waals surface area (Å²) in [6, 6.07) is 2.84. The number of ether oxygens (including phenoxy) is 1. The van der Waals surface area contributed by atoms with Gasteiger partial charge in [0, 0.05) is 44.5 Å². The number of rotatable bonds is 4. The molecule has 0 spiro atoms. The van der Waals surface area contributed by atoms with Crippen molar-refractivity contribution in [1.29, 1.82) is 0 Å². The molecule has 2 aromatic heterocycles. The van der Waals surface area contributed by atoms with Gasteiger partial charge in [0.1, 0.15) is 11.9 Å². The van der Waals surface area contributed by atoms with Crippen LogP contribution in [0.2, 0.25) is 0 Å². The summed E-state index contributed by atoms with van der Waals surface area (Å²) in [7, 11) is 0. The molecular formula is C17H19F3N4O. The third-order valence-corrected chi connectivity index (χ3v) is 4.20. The van der Waals surface area contributed by atoms with Crippen LogP contribution in [-0.4, -0.2) is 34.1 Å². The van der Waals surface area contributed by atoms with Crippen molar-refractivity contribution in [2.45, 2.75) is 38.5 Å². The number of pyridine rings is 1. The summed E-state index contributed by atoms with van der Waals surface area (Å²) in [5.41, 5.74) is 0.317. The maximum Gasteiger partial charge on any atom is 0.417 e. The van der Waals surface area contributed by atoms with Crippen LogP contribution in [0.25, 0.3) is 0 Å². The third kappa shape index (κ3) is 4.37. The van der Waals surface area contributed by atoms with Crippen molar-refractivity contribution >= 4 is 5.82 Å². The zero-order chi connectivity index (χ0) is 17.9. The number of aromatic nitrogens is 3. The predicted octanol–water partition coefficient (Wildman–Crippen LogP) is 3.50. The average Bonchev–Trinajstić information content (AvgIpc) is 2.62. The van der Waals surface area contributed by atoms with Gasteiger partial charge in [-0.3, -0.25) is 0 Å². The summed E-state index contributed by atoms with van der Waals surface area (Å²) in [5.74, 6) is 0.551. The Labute approximate surface area is 143 Å². The van der Waals surface area contributed by atoms with Gasteiger partial charge in [0.15, 0.2) is 0 Å². The molecule has 1 fully saturated rings. The zero-order valence-electron chi connectivity index (χ0n) is 13.8. The molecule has 8 heteroatoms. The van der Waals surface area contributed by atoms with Gasteiger partial charge >= 0.3 is 12.2 Å². The van der Waals surface area contributed by atoms with Gasteiger partial charge in [-0.1, -0.05) is 6.92 Å². The van der Waals surface area contributed by atoms with Gasteiger partial charge in [-0.15, -0.1) is 0 Å². The molecule has 3 rings (SSSR count). The molecule has 3 heterocycles. The second-order valence-corrected chi connectivity index (χ2v) is 5.93. The molecular weight excluding hydrogens is 333 g/mol. The minimum absolute atomic E-state index is 0.00169. The predicted molar refractivity (Wildman–Crippen MR) is 86.5 cm³/mol. The number of hydrogen-bond donors (Lipinski definition) is 0. The molecule has 0 atom stereocenters. The highest BCUT2D eigenvalue weighted by molar-refractivity contribution is 5.40.